The Morgan fingerprint density at radius 3 is 1.65 bits per heavy atom. The number of rotatable bonds is 26. The molecule has 0 unspecified atom stereocenters. The van der Waals surface area contributed by atoms with E-state index in [2.05, 4.69) is 78.0 Å². The first-order chi connectivity index (χ1) is 23.9. The maximum Gasteiger partial charge on any atom is 0.251 e. The van der Waals surface area contributed by atoms with Crippen molar-refractivity contribution >= 4 is 57.9 Å². The minimum Gasteiger partial charge on any atom is -0.378 e. The second kappa shape index (κ2) is 24.5. The average molecular weight is 793 g/mol. The lowest BCUT2D eigenvalue weighted by Crippen LogP contribution is -2.27. The highest BCUT2D eigenvalue weighted by Gasteiger charge is 2.10. The molecule has 49 heavy (non-hydrogen) atoms. The lowest BCUT2D eigenvalue weighted by Gasteiger charge is -2.12. The lowest BCUT2D eigenvalue weighted by atomic mass is 10.1. The third kappa shape index (κ3) is 17.5. The van der Waals surface area contributed by atoms with Gasteiger partial charge in [0.05, 0.1) is 52.9 Å². The largest absolute Gasteiger partial charge is 0.378 e. The number of hydrogen-bond acceptors (Lipinski definition) is 12. The van der Waals surface area contributed by atoms with Crippen LogP contribution in [0.4, 0.5) is 23.5 Å². The second-order valence-corrected chi connectivity index (χ2v) is 12.1. The van der Waals surface area contributed by atoms with Gasteiger partial charge in [0.25, 0.3) is 11.8 Å². The van der Waals surface area contributed by atoms with Crippen LogP contribution in [0.5, 0.6) is 0 Å². The number of alkyl halides is 1. The van der Waals surface area contributed by atoms with Gasteiger partial charge in [-0.2, -0.15) is 15.0 Å². The first-order valence-corrected chi connectivity index (χ1v) is 18.1. The predicted octanol–water partition coefficient (Wildman–Crippen LogP) is 4.15. The summed E-state index contributed by atoms with van der Waals surface area (Å²) in [6, 6.07) is 16.1. The first kappa shape index (κ1) is 39.8. The van der Waals surface area contributed by atoms with Crippen LogP contribution in [0.3, 0.4) is 0 Å². The van der Waals surface area contributed by atoms with Crippen molar-refractivity contribution in [3.05, 3.63) is 65.7 Å². The molecule has 15 heteroatoms. The zero-order chi connectivity index (χ0) is 34.9. The van der Waals surface area contributed by atoms with Crippen LogP contribution in [0.1, 0.15) is 41.0 Å². The molecule has 0 saturated heterocycles. The monoisotopic (exact) mass is 792 g/mol. The summed E-state index contributed by atoms with van der Waals surface area (Å²) < 4.78 is 23.0. The van der Waals surface area contributed by atoms with Gasteiger partial charge in [0, 0.05) is 47.4 Å². The summed E-state index contributed by atoms with van der Waals surface area (Å²) in [5.41, 5.74) is 1.88. The highest BCUT2D eigenvalue weighted by molar-refractivity contribution is 14.1. The summed E-state index contributed by atoms with van der Waals surface area (Å²) in [4.78, 5) is 38.1. The number of carbonyl (C=O) groups excluding carboxylic acids is 2. The molecule has 14 nitrogen and oxygen atoms in total. The molecule has 2 amide bonds. The van der Waals surface area contributed by atoms with Crippen LogP contribution in [0.2, 0.25) is 0 Å². The van der Waals surface area contributed by atoms with Gasteiger partial charge in [-0.05, 0) is 48.7 Å². The molecule has 0 atom stereocenters. The number of nitrogens with zero attached hydrogens (tertiary/aromatic N) is 3. The van der Waals surface area contributed by atoms with E-state index in [9.17, 15) is 9.59 Å². The van der Waals surface area contributed by atoms with E-state index in [4.69, 9.17) is 18.9 Å². The summed E-state index contributed by atoms with van der Waals surface area (Å²) in [7, 11) is 0. The molecule has 0 radical (unpaired) electrons. The fraction of sp³-hybridized carbons (Fsp3) is 0.500. The highest BCUT2D eigenvalue weighted by Crippen LogP contribution is 2.17. The van der Waals surface area contributed by atoms with Gasteiger partial charge >= 0.3 is 0 Å². The van der Waals surface area contributed by atoms with Crippen molar-refractivity contribution in [1.29, 1.82) is 0 Å². The lowest BCUT2D eigenvalue weighted by molar-refractivity contribution is 0.0519. The van der Waals surface area contributed by atoms with Crippen LogP contribution in [-0.4, -0.2) is 110 Å². The Morgan fingerprint density at radius 1 is 0.612 bits per heavy atom. The number of aromatic nitrogens is 3. The van der Waals surface area contributed by atoms with Crippen LogP contribution in [-0.2, 0) is 18.9 Å². The molecule has 1 aromatic heterocycles. The Balaban J connectivity index is 1.39. The van der Waals surface area contributed by atoms with Crippen molar-refractivity contribution in [2.45, 2.75) is 20.3 Å². The summed E-state index contributed by atoms with van der Waals surface area (Å²) in [6.45, 7) is 10.2. The molecule has 0 bridgehead atoms. The number of amides is 2. The van der Waals surface area contributed by atoms with E-state index >= 15 is 0 Å². The van der Waals surface area contributed by atoms with E-state index < -0.39 is 0 Å². The van der Waals surface area contributed by atoms with Crippen LogP contribution in [0, 0.1) is 5.92 Å². The van der Waals surface area contributed by atoms with E-state index in [0.29, 0.717) is 107 Å². The van der Waals surface area contributed by atoms with E-state index in [0.717, 1.165) is 23.1 Å². The minimum absolute atomic E-state index is 0.124. The Labute approximate surface area is 302 Å². The average Bonchev–Trinajstić information content (AvgIpc) is 3.10. The van der Waals surface area contributed by atoms with Gasteiger partial charge in [0.15, 0.2) is 0 Å². The maximum atomic E-state index is 12.5. The van der Waals surface area contributed by atoms with E-state index in [1.807, 2.05) is 18.2 Å². The summed E-state index contributed by atoms with van der Waals surface area (Å²) in [6.07, 6.45) is 0.968. The number of carbonyl (C=O) groups is 2. The Bertz CT molecular complexity index is 1350. The molecule has 2 aromatic carbocycles. The molecule has 0 aliphatic carbocycles. The maximum absolute atomic E-state index is 12.5. The van der Waals surface area contributed by atoms with Gasteiger partial charge in [-0.1, -0.05) is 54.6 Å². The number of halogens is 1. The third-order valence-electron chi connectivity index (χ3n) is 6.64. The van der Waals surface area contributed by atoms with Crippen molar-refractivity contribution in [3.63, 3.8) is 0 Å². The molecule has 3 aromatic rings. The SMILES string of the molecule is CC(C)CCNc1nc(NCCOCCOCCNC(=O)c2ccccc2)nc(Nc2ccc(C(=O)NCCOCCOCCI)cc2)n1. The Morgan fingerprint density at radius 2 is 1.10 bits per heavy atom. The van der Waals surface area contributed by atoms with Gasteiger partial charge in [-0.15, -0.1) is 0 Å². The van der Waals surface area contributed by atoms with Crippen molar-refractivity contribution in [2.75, 3.05) is 99.4 Å². The Kier molecular flexibility index (Phi) is 19.9. The van der Waals surface area contributed by atoms with Gasteiger partial charge in [-0.3, -0.25) is 9.59 Å². The third-order valence-corrected chi connectivity index (χ3v) is 7.08. The molecule has 0 saturated carbocycles. The smallest absolute Gasteiger partial charge is 0.251 e. The van der Waals surface area contributed by atoms with E-state index in [-0.39, 0.29) is 11.8 Å². The number of hydrogen-bond donors (Lipinski definition) is 5. The molecule has 0 spiro atoms. The highest BCUT2D eigenvalue weighted by atomic mass is 127. The molecule has 0 aliphatic heterocycles. The van der Waals surface area contributed by atoms with Gasteiger partial charge in [0.2, 0.25) is 17.8 Å². The van der Waals surface area contributed by atoms with Crippen LogP contribution in [0.25, 0.3) is 0 Å². The van der Waals surface area contributed by atoms with Crippen molar-refractivity contribution < 1.29 is 28.5 Å². The van der Waals surface area contributed by atoms with Gasteiger partial charge in [0.1, 0.15) is 0 Å². The quantitative estimate of drug-likeness (QED) is 0.0448. The van der Waals surface area contributed by atoms with Gasteiger partial charge < -0.3 is 45.5 Å². The fourth-order valence-electron chi connectivity index (χ4n) is 4.10. The fourth-order valence-corrected chi connectivity index (χ4v) is 4.41. The molecule has 0 aliphatic rings. The number of benzene rings is 2. The topological polar surface area (TPSA) is 170 Å². The summed E-state index contributed by atoms with van der Waals surface area (Å²) >= 11 is 2.26. The molecule has 5 N–H and O–H groups in total. The van der Waals surface area contributed by atoms with E-state index in [1.165, 1.54) is 0 Å². The summed E-state index contributed by atoms with van der Waals surface area (Å²) in [5, 5.41) is 15.3. The van der Waals surface area contributed by atoms with Crippen LogP contribution < -0.4 is 26.6 Å². The molecule has 1 heterocycles. The Hall–Kier alpha value is -3.64. The zero-order valence-electron chi connectivity index (χ0n) is 28.3. The van der Waals surface area contributed by atoms with Crippen molar-refractivity contribution in [3.8, 4) is 0 Å². The number of ether oxygens (including phenoxy) is 4. The second-order valence-electron chi connectivity index (χ2n) is 11.1. The van der Waals surface area contributed by atoms with Crippen molar-refractivity contribution in [2.24, 2.45) is 5.92 Å². The molecule has 3 rings (SSSR count). The number of nitrogens with one attached hydrogen (secondary N) is 5. The molecular formula is C34H49IN8O6. The standard InChI is InChI=1S/C34H49IN8O6/c1-26(2)12-14-38-32-41-33(39-17-21-49-25-24-48-19-15-36-30(44)27-6-4-3-5-7-27)43-34(42-32)40-29-10-8-28(9-11-29)31(45)37-16-20-47-23-22-46-18-13-35/h3-11,26H,12-25H2,1-2H3,(H,36,44)(H,37,45)(H3,38,39,40,41,42,43). The van der Waals surface area contributed by atoms with Crippen molar-refractivity contribution in [1.82, 2.24) is 25.6 Å². The zero-order valence-corrected chi connectivity index (χ0v) is 30.5. The predicted molar refractivity (Wildman–Crippen MR) is 199 cm³/mol. The van der Waals surface area contributed by atoms with Gasteiger partial charge in [-0.25, -0.2) is 0 Å². The summed E-state index contributed by atoms with van der Waals surface area (Å²) in [5.74, 6) is 1.43. The van der Waals surface area contributed by atoms with Crippen LogP contribution in [0.15, 0.2) is 54.6 Å². The van der Waals surface area contributed by atoms with Crippen LogP contribution >= 0.6 is 22.6 Å². The minimum atomic E-state index is -0.180. The number of anilines is 4. The van der Waals surface area contributed by atoms with E-state index in [1.54, 1.807) is 36.4 Å². The molecular weight excluding hydrogens is 743 g/mol. The molecule has 268 valence electrons. The first-order valence-electron chi connectivity index (χ1n) is 16.5. The normalized spacial score (nSPS) is 10.9. The molecule has 0 fully saturated rings.